The fourth-order valence-electron chi connectivity index (χ4n) is 3.57. The highest BCUT2D eigenvalue weighted by Crippen LogP contribution is 2.25. The Morgan fingerprint density at radius 1 is 1.29 bits per heavy atom. The zero-order valence-corrected chi connectivity index (χ0v) is 17.5. The maximum Gasteiger partial charge on any atom is 0.218 e. The van der Waals surface area contributed by atoms with E-state index in [1.54, 1.807) is 6.20 Å². The molecule has 0 radical (unpaired) electrons. The van der Waals surface area contributed by atoms with Crippen LogP contribution >= 0.6 is 0 Å². The standard InChI is InChI=1S/C21H32N6O/c1-5-22-21(25-14-19-15(2)26-27(4)16(19)3)24-13-17-9-8-12-23-20(17)28-18-10-6-7-11-18/h8-9,12,18H,5-7,10-11,13-14H2,1-4H3,(H2,22,24,25). The maximum absolute atomic E-state index is 6.13. The van der Waals surface area contributed by atoms with Gasteiger partial charge in [0.2, 0.25) is 5.88 Å². The third-order valence-corrected chi connectivity index (χ3v) is 5.27. The van der Waals surface area contributed by atoms with Gasteiger partial charge in [0, 0.05) is 43.2 Å². The molecule has 152 valence electrons. The topological polar surface area (TPSA) is 76.4 Å². The highest BCUT2D eigenvalue weighted by molar-refractivity contribution is 5.79. The summed E-state index contributed by atoms with van der Waals surface area (Å²) >= 11 is 0. The van der Waals surface area contributed by atoms with Gasteiger partial charge in [-0.05, 0) is 52.5 Å². The summed E-state index contributed by atoms with van der Waals surface area (Å²) in [6.45, 7) is 8.21. The minimum Gasteiger partial charge on any atom is -0.474 e. The molecule has 0 saturated heterocycles. The van der Waals surface area contributed by atoms with Crippen LogP contribution < -0.4 is 15.4 Å². The summed E-state index contributed by atoms with van der Waals surface area (Å²) in [4.78, 5) is 9.19. The molecule has 0 spiro atoms. The molecule has 28 heavy (non-hydrogen) atoms. The molecule has 2 heterocycles. The lowest BCUT2D eigenvalue weighted by atomic mass is 10.2. The van der Waals surface area contributed by atoms with Crippen LogP contribution in [0.2, 0.25) is 0 Å². The highest BCUT2D eigenvalue weighted by atomic mass is 16.5. The van der Waals surface area contributed by atoms with E-state index in [9.17, 15) is 0 Å². The van der Waals surface area contributed by atoms with E-state index < -0.39 is 0 Å². The summed E-state index contributed by atoms with van der Waals surface area (Å²) in [6.07, 6.45) is 6.80. The molecule has 1 fully saturated rings. The van der Waals surface area contributed by atoms with Gasteiger partial charge in [-0.3, -0.25) is 4.68 Å². The second-order valence-electron chi connectivity index (χ2n) is 7.31. The second kappa shape index (κ2) is 9.57. The van der Waals surface area contributed by atoms with Crippen LogP contribution in [0, 0.1) is 13.8 Å². The minimum absolute atomic E-state index is 0.292. The first-order valence-electron chi connectivity index (χ1n) is 10.2. The van der Waals surface area contributed by atoms with E-state index in [-0.39, 0.29) is 0 Å². The van der Waals surface area contributed by atoms with Gasteiger partial charge < -0.3 is 15.4 Å². The number of pyridine rings is 1. The van der Waals surface area contributed by atoms with Crippen LogP contribution in [0.15, 0.2) is 23.3 Å². The number of aliphatic imine (C=N–C) groups is 1. The molecule has 0 aliphatic heterocycles. The van der Waals surface area contributed by atoms with E-state index in [1.165, 1.54) is 24.1 Å². The lowest BCUT2D eigenvalue weighted by Gasteiger charge is -2.15. The predicted molar refractivity (Wildman–Crippen MR) is 111 cm³/mol. The molecule has 0 unspecified atom stereocenters. The van der Waals surface area contributed by atoms with Gasteiger partial charge in [0.1, 0.15) is 6.10 Å². The van der Waals surface area contributed by atoms with Crippen LogP contribution in [-0.4, -0.2) is 33.4 Å². The third-order valence-electron chi connectivity index (χ3n) is 5.27. The molecule has 1 aliphatic rings. The number of rotatable bonds is 7. The second-order valence-corrected chi connectivity index (χ2v) is 7.31. The first-order valence-corrected chi connectivity index (χ1v) is 10.2. The normalized spacial score (nSPS) is 15.1. The summed E-state index contributed by atoms with van der Waals surface area (Å²) in [5.41, 5.74) is 4.43. The van der Waals surface area contributed by atoms with Crippen molar-refractivity contribution < 1.29 is 4.74 Å². The average molecular weight is 385 g/mol. The molecular weight excluding hydrogens is 352 g/mol. The van der Waals surface area contributed by atoms with Crippen molar-refractivity contribution in [1.29, 1.82) is 0 Å². The molecule has 3 rings (SSSR count). The number of nitrogens with zero attached hydrogens (tertiary/aromatic N) is 4. The van der Waals surface area contributed by atoms with Crippen LogP contribution in [0.5, 0.6) is 5.88 Å². The summed E-state index contributed by atoms with van der Waals surface area (Å²) < 4.78 is 8.05. The summed E-state index contributed by atoms with van der Waals surface area (Å²) in [6, 6.07) is 3.98. The molecule has 0 atom stereocenters. The lowest BCUT2D eigenvalue weighted by Crippen LogP contribution is -2.37. The van der Waals surface area contributed by atoms with Crippen molar-refractivity contribution >= 4 is 5.96 Å². The van der Waals surface area contributed by atoms with E-state index in [2.05, 4.69) is 34.6 Å². The molecule has 1 saturated carbocycles. The number of hydrogen-bond donors (Lipinski definition) is 2. The van der Waals surface area contributed by atoms with Gasteiger partial charge in [-0.1, -0.05) is 6.07 Å². The van der Waals surface area contributed by atoms with Crippen molar-refractivity contribution in [1.82, 2.24) is 25.4 Å². The number of aromatic nitrogens is 3. The Labute approximate surface area is 167 Å². The highest BCUT2D eigenvalue weighted by Gasteiger charge is 2.18. The largest absolute Gasteiger partial charge is 0.474 e. The molecule has 0 amide bonds. The third kappa shape index (κ3) is 5.03. The Morgan fingerprint density at radius 3 is 2.75 bits per heavy atom. The first kappa shape index (κ1) is 20.2. The number of ether oxygens (including phenoxy) is 1. The molecule has 7 nitrogen and oxygen atoms in total. The van der Waals surface area contributed by atoms with E-state index in [0.29, 0.717) is 25.1 Å². The molecule has 7 heteroatoms. The zero-order valence-electron chi connectivity index (χ0n) is 17.5. The van der Waals surface area contributed by atoms with Gasteiger partial charge in [0.05, 0.1) is 12.2 Å². The van der Waals surface area contributed by atoms with Crippen molar-refractivity contribution in [3.8, 4) is 5.88 Å². The van der Waals surface area contributed by atoms with E-state index in [1.807, 2.05) is 30.8 Å². The van der Waals surface area contributed by atoms with Crippen LogP contribution in [-0.2, 0) is 20.1 Å². The van der Waals surface area contributed by atoms with Gasteiger partial charge >= 0.3 is 0 Å². The summed E-state index contributed by atoms with van der Waals surface area (Å²) in [5, 5.41) is 11.2. The van der Waals surface area contributed by atoms with Crippen LogP contribution in [0.25, 0.3) is 0 Å². The molecule has 0 aromatic carbocycles. The monoisotopic (exact) mass is 384 g/mol. The molecular formula is C21H32N6O. The number of hydrogen-bond acceptors (Lipinski definition) is 4. The Balaban J connectivity index is 1.67. The lowest BCUT2D eigenvalue weighted by molar-refractivity contribution is 0.199. The molecule has 1 aliphatic carbocycles. The van der Waals surface area contributed by atoms with Crippen LogP contribution in [0.4, 0.5) is 0 Å². The molecule has 0 bridgehead atoms. The Kier molecular flexibility index (Phi) is 6.90. The first-order chi connectivity index (χ1) is 13.6. The van der Waals surface area contributed by atoms with Gasteiger partial charge in [0.15, 0.2) is 5.96 Å². The Morgan fingerprint density at radius 2 is 2.07 bits per heavy atom. The van der Waals surface area contributed by atoms with Crippen molar-refractivity contribution in [2.24, 2.45) is 12.0 Å². The number of nitrogens with one attached hydrogen (secondary N) is 2. The quantitative estimate of drug-likeness (QED) is 0.567. The van der Waals surface area contributed by atoms with E-state index in [4.69, 9.17) is 9.73 Å². The molecule has 2 aromatic heterocycles. The Hall–Kier alpha value is -2.57. The van der Waals surface area contributed by atoms with Crippen LogP contribution in [0.3, 0.4) is 0 Å². The predicted octanol–water partition coefficient (Wildman–Crippen LogP) is 3.01. The van der Waals surface area contributed by atoms with Crippen LogP contribution in [0.1, 0.15) is 55.1 Å². The zero-order chi connectivity index (χ0) is 19.9. The maximum atomic E-state index is 6.13. The van der Waals surface area contributed by atoms with Gasteiger partial charge in [-0.15, -0.1) is 0 Å². The summed E-state index contributed by atoms with van der Waals surface area (Å²) in [7, 11) is 1.97. The number of aryl methyl sites for hydroxylation is 2. The van der Waals surface area contributed by atoms with Crippen molar-refractivity contribution in [2.75, 3.05) is 6.54 Å². The van der Waals surface area contributed by atoms with Crippen molar-refractivity contribution in [3.05, 3.63) is 40.8 Å². The SMILES string of the molecule is CCNC(=NCc1cccnc1OC1CCCC1)NCc1c(C)nn(C)c1C. The smallest absolute Gasteiger partial charge is 0.218 e. The van der Waals surface area contributed by atoms with Crippen molar-refractivity contribution in [2.45, 2.75) is 65.6 Å². The fourth-order valence-corrected chi connectivity index (χ4v) is 3.57. The van der Waals surface area contributed by atoms with E-state index in [0.717, 1.165) is 36.6 Å². The molecule has 2 aromatic rings. The van der Waals surface area contributed by atoms with Gasteiger partial charge in [-0.25, -0.2) is 9.98 Å². The average Bonchev–Trinajstić information content (AvgIpc) is 3.27. The van der Waals surface area contributed by atoms with Gasteiger partial charge in [0.25, 0.3) is 0 Å². The van der Waals surface area contributed by atoms with E-state index >= 15 is 0 Å². The number of guanidine groups is 1. The molecule has 2 N–H and O–H groups in total. The van der Waals surface area contributed by atoms with Crippen molar-refractivity contribution in [3.63, 3.8) is 0 Å². The fraction of sp³-hybridized carbons (Fsp3) is 0.571. The minimum atomic E-state index is 0.292. The van der Waals surface area contributed by atoms with Gasteiger partial charge in [-0.2, -0.15) is 5.10 Å². The Bertz CT molecular complexity index is 807. The summed E-state index contributed by atoms with van der Waals surface area (Å²) in [5.74, 6) is 1.49.